The van der Waals surface area contributed by atoms with Gasteiger partial charge in [-0.15, -0.1) is 0 Å². The third-order valence-corrected chi connectivity index (χ3v) is 3.43. The monoisotopic (exact) mass is 264 g/mol. The molecule has 1 fully saturated rings. The molecule has 1 aromatic heterocycles. The van der Waals surface area contributed by atoms with Gasteiger partial charge >= 0.3 is 0 Å². The molecule has 1 amide bonds. The standard InChI is InChI=1S/C14H20N2O3/c1-2-19-12-7-4-8-15-13(12)14(18)16-9-10-5-3-6-11(10)17/h4,7-8,10-11,17H,2-3,5-6,9H2,1H3,(H,16,18). The fourth-order valence-electron chi connectivity index (χ4n) is 2.40. The number of nitrogens with zero attached hydrogens (tertiary/aromatic N) is 1. The number of carbonyl (C=O) groups is 1. The van der Waals surface area contributed by atoms with Gasteiger partial charge in [-0.25, -0.2) is 4.98 Å². The third-order valence-electron chi connectivity index (χ3n) is 3.43. The lowest BCUT2D eigenvalue weighted by Gasteiger charge is -2.15. The predicted octanol–water partition coefficient (Wildman–Crippen LogP) is 1.37. The van der Waals surface area contributed by atoms with Crippen LogP contribution >= 0.6 is 0 Å². The van der Waals surface area contributed by atoms with Gasteiger partial charge in [0, 0.05) is 18.7 Å². The van der Waals surface area contributed by atoms with E-state index in [9.17, 15) is 9.90 Å². The van der Waals surface area contributed by atoms with Crippen LogP contribution in [-0.2, 0) is 0 Å². The van der Waals surface area contributed by atoms with Gasteiger partial charge in [0.15, 0.2) is 11.4 Å². The van der Waals surface area contributed by atoms with Crippen LogP contribution in [0.5, 0.6) is 5.75 Å². The van der Waals surface area contributed by atoms with E-state index in [2.05, 4.69) is 10.3 Å². The molecule has 1 aromatic rings. The maximum absolute atomic E-state index is 12.1. The zero-order valence-corrected chi connectivity index (χ0v) is 11.1. The van der Waals surface area contributed by atoms with Crippen molar-refractivity contribution in [3.8, 4) is 5.75 Å². The van der Waals surface area contributed by atoms with Crippen LogP contribution in [0.1, 0.15) is 36.7 Å². The fraction of sp³-hybridized carbons (Fsp3) is 0.571. The summed E-state index contributed by atoms with van der Waals surface area (Å²) >= 11 is 0. The zero-order chi connectivity index (χ0) is 13.7. The van der Waals surface area contributed by atoms with E-state index in [-0.39, 0.29) is 17.9 Å². The fourth-order valence-corrected chi connectivity index (χ4v) is 2.40. The highest BCUT2D eigenvalue weighted by atomic mass is 16.5. The number of aliphatic hydroxyl groups is 1. The second kappa shape index (κ2) is 6.52. The highest BCUT2D eigenvalue weighted by molar-refractivity contribution is 5.94. The van der Waals surface area contributed by atoms with E-state index in [0.29, 0.717) is 24.6 Å². The van der Waals surface area contributed by atoms with E-state index in [1.54, 1.807) is 18.3 Å². The quantitative estimate of drug-likeness (QED) is 0.842. The van der Waals surface area contributed by atoms with E-state index in [0.717, 1.165) is 19.3 Å². The van der Waals surface area contributed by atoms with Crippen LogP contribution in [0.4, 0.5) is 0 Å². The Hall–Kier alpha value is -1.62. The van der Waals surface area contributed by atoms with Crippen LogP contribution in [0.2, 0.25) is 0 Å². The molecule has 1 aliphatic rings. The van der Waals surface area contributed by atoms with Crippen LogP contribution in [-0.4, -0.2) is 35.3 Å². The number of rotatable bonds is 5. The molecular formula is C14H20N2O3. The van der Waals surface area contributed by atoms with Gasteiger partial charge in [-0.1, -0.05) is 6.42 Å². The van der Waals surface area contributed by atoms with Crippen molar-refractivity contribution >= 4 is 5.91 Å². The van der Waals surface area contributed by atoms with Crippen molar-refractivity contribution in [1.29, 1.82) is 0 Å². The second-order valence-corrected chi connectivity index (χ2v) is 4.75. The van der Waals surface area contributed by atoms with Gasteiger partial charge < -0.3 is 15.2 Å². The van der Waals surface area contributed by atoms with Crippen molar-refractivity contribution in [2.45, 2.75) is 32.3 Å². The molecule has 2 unspecified atom stereocenters. The Morgan fingerprint density at radius 2 is 2.42 bits per heavy atom. The summed E-state index contributed by atoms with van der Waals surface area (Å²) in [6.45, 7) is 2.85. The predicted molar refractivity (Wildman–Crippen MR) is 71.1 cm³/mol. The lowest BCUT2D eigenvalue weighted by molar-refractivity contribution is 0.0908. The molecule has 1 saturated carbocycles. The van der Waals surface area contributed by atoms with E-state index < -0.39 is 0 Å². The Balaban J connectivity index is 1.95. The molecule has 0 spiro atoms. The van der Waals surface area contributed by atoms with E-state index >= 15 is 0 Å². The molecule has 2 rings (SSSR count). The van der Waals surface area contributed by atoms with E-state index in [1.807, 2.05) is 6.92 Å². The number of pyridine rings is 1. The average Bonchev–Trinajstić information content (AvgIpc) is 2.82. The zero-order valence-electron chi connectivity index (χ0n) is 11.1. The molecule has 1 aliphatic carbocycles. The molecule has 0 aliphatic heterocycles. The summed E-state index contributed by atoms with van der Waals surface area (Å²) in [5.41, 5.74) is 0.303. The summed E-state index contributed by atoms with van der Waals surface area (Å²) in [6.07, 6.45) is 4.09. The Morgan fingerprint density at radius 1 is 1.58 bits per heavy atom. The minimum absolute atomic E-state index is 0.156. The molecule has 2 atom stereocenters. The lowest BCUT2D eigenvalue weighted by Crippen LogP contribution is -2.33. The van der Waals surface area contributed by atoms with Gasteiger partial charge in [0.25, 0.3) is 5.91 Å². The SMILES string of the molecule is CCOc1cccnc1C(=O)NCC1CCCC1O. The molecule has 2 N–H and O–H groups in total. The summed E-state index contributed by atoms with van der Waals surface area (Å²) in [5.74, 6) is 0.404. The maximum atomic E-state index is 12.1. The first-order chi connectivity index (χ1) is 9.22. The summed E-state index contributed by atoms with van der Waals surface area (Å²) in [7, 11) is 0. The van der Waals surface area contributed by atoms with Gasteiger partial charge in [0.05, 0.1) is 12.7 Å². The van der Waals surface area contributed by atoms with Gasteiger partial charge in [-0.3, -0.25) is 4.79 Å². The van der Waals surface area contributed by atoms with Gasteiger partial charge in [-0.05, 0) is 31.9 Å². The van der Waals surface area contributed by atoms with Crippen LogP contribution < -0.4 is 10.1 Å². The summed E-state index contributed by atoms with van der Waals surface area (Å²) in [4.78, 5) is 16.1. The molecule has 0 bridgehead atoms. The first-order valence-corrected chi connectivity index (χ1v) is 6.76. The van der Waals surface area contributed by atoms with Crippen molar-refractivity contribution < 1.29 is 14.6 Å². The first kappa shape index (κ1) is 13.8. The normalized spacial score (nSPS) is 22.2. The molecule has 0 aromatic carbocycles. The molecule has 0 saturated heterocycles. The van der Waals surface area contributed by atoms with Crippen LogP contribution in [0.25, 0.3) is 0 Å². The summed E-state index contributed by atoms with van der Waals surface area (Å²) in [6, 6.07) is 3.47. The largest absolute Gasteiger partial charge is 0.491 e. The van der Waals surface area contributed by atoms with E-state index in [1.165, 1.54) is 0 Å². The van der Waals surface area contributed by atoms with Crippen LogP contribution in [0.3, 0.4) is 0 Å². The van der Waals surface area contributed by atoms with Crippen molar-refractivity contribution in [3.05, 3.63) is 24.0 Å². The summed E-state index contributed by atoms with van der Waals surface area (Å²) < 4.78 is 5.38. The Labute approximate surface area is 113 Å². The number of aliphatic hydroxyl groups excluding tert-OH is 1. The first-order valence-electron chi connectivity index (χ1n) is 6.76. The smallest absolute Gasteiger partial charge is 0.273 e. The molecular weight excluding hydrogens is 244 g/mol. The minimum Gasteiger partial charge on any atom is -0.491 e. The number of carbonyl (C=O) groups excluding carboxylic acids is 1. The molecule has 19 heavy (non-hydrogen) atoms. The van der Waals surface area contributed by atoms with Crippen molar-refractivity contribution in [3.63, 3.8) is 0 Å². The number of ether oxygens (including phenoxy) is 1. The number of hydrogen-bond acceptors (Lipinski definition) is 4. The van der Waals surface area contributed by atoms with Crippen molar-refractivity contribution in [1.82, 2.24) is 10.3 Å². The second-order valence-electron chi connectivity index (χ2n) is 4.75. The molecule has 104 valence electrons. The average molecular weight is 264 g/mol. The van der Waals surface area contributed by atoms with Gasteiger partial charge in [-0.2, -0.15) is 0 Å². The minimum atomic E-state index is -0.296. The van der Waals surface area contributed by atoms with Crippen molar-refractivity contribution in [2.24, 2.45) is 5.92 Å². The molecule has 5 heteroatoms. The highest BCUT2D eigenvalue weighted by Gasteiger charge is 2.26. The number of nitrogens with one attached hydrogen (secondary N) is 1. The lowest BCUT2D eigenvalue weighted by atomic mass is 10.1. The van der Waals surface area contributed by atoms with Crippen molar-refractivity contribution in [2.75, 3.05) is 13.2 Å². The Kier molecular flexibility index (Phi) is 4.74. The maximum Gasteiger partial charge on any atom is 0.273 e. The van der Waals surface area contributed by atoms with Gasteiger partial charge in [0.2, 0.25) is 0 Å². The van der Waals surface area contributed by atoms with Crippen LogP contribution in [0.15, 0.2) is 18.3 Å². The molecule has 1 heterocycles. The number of amides is 1. The Morgan fingerprint density at radius 3 is 3.11 bits per heavy atom. The number of hydrogen-bond donors (Lipinski definition) is 2. The Bertz CT molecular complexity index is 436. The topological polar surface area (TPSA) is 71.5 Å². The highest BCUT2D eigenvalue weighted by Crippen LogP contribution is 2.24. The van der Waals surface area contributed by atoms with Crippen LogP contribution in [0, 0.1) is 5.92 Å². The number of aromatic nitrogens is 1. The summed E-state index contributed by atoms with van der Waals surface area (Å²) in [5, 5.41) is 12.5. The molecule has 0 radical (unpaired) electrons. The third kappa shape index (κ3) is 3.44. The van der Waals surface area contributed by atoms with E-state index in [4.69, 9.17) is 4.74 Å². The molecule has 5 nitrogen and oxygen atoms in total. The van der Waals surface area contributed by atoms with Gasteiger partial charge in [0.1, 0.15) is 0 Å².